The first kappa shape index (κ1) is 25.1. The fourth-order valence-electron chi connectivity index (χ4n) is 4.16. The van der Waals surface area contributed by atoms with Crippen LogP contribution >= 0.6 is 23.2 Å². The molecule has 0 radical (unpaired) electrons. The molecule has 0 spiro atoms. The number of nitrogens with two attached hydrogens (primary N) is 1. The Hall–Kier alpha value is -3.04. The highest BCUT2D eigenvalue weighted by Crippen LogP contribution is 2.37. The van der Waals surface area contributed by atoms with Crippen LogP contribution < -0.4 is 10.5 Å². The number of hydrogen-bond donors (Lipinski definition) is 1. The highest BCUT2D eigenvalue weighted by Gasteiger charge is 2.25. The van der Waals surface area contributed by atoms with Gasteiger partial charge in [0.05, 0.1) is 17.3 Å². The fourth-order valence-corrected chi connectivity index (χ4v) is 4.84. The third-order valence-corrected chi connectivity index (χ3v) is 6.81. The normalized spacial score (nSPS) is 15.2. The number of aromatic nitrogens is 3. The molecule has 35 heavy (non-hydrogen) atoms. The number of benzene rings is 1. The summed E-state index contributed by atoms with van der Waals surface area (Å²) in [5.41, 5.74) is 8.00. The second-order valence-corrected chi connectivity index (χ2v) is 9.51. The molecule has 11 heteroatoms. The molecule has 1 aliphatic heterocycles. The summed E-state index contributed by atoms with van der Waals surface area (Å²) in [6, 6.07) is 4.63. The number of ether oxygens (including phenoxy) is 1. The zero-order valence-electron chi connectivity index (χ0n) is 19.7. The molecule has 2 amide bonds. The van der Waals surface area contributed by atoms with Gasteiger partial charge < -0.3 is 20.3 Å². The van der Waals surface area contributed by atoms with Crippen LogP contribution in [0.2, 0.25) is 10.0 Å². The number of amides is 2. The van der Waals surface area contributed by atoms with Crippen molar-refractivity contribution in [1.82, 2.24) is 24.6 Å². The van der Waals surface area contributed by atoms with Crippen molar-refractivity contribution in [2.24, 2.45) is 0 Å². The molecule has 4 rings (SSSR count). The number of carbonyl (C=O) groups excluding carboxylic acids is 1. The number of pyridine rings is 1. The first-order valence-corrected chi connectivity index (χ1v) is 12.0. The largest absolute Gasteiger partial charge is 0.482 e. The molecule has 8 nitrogen and oxygen atoms in total. The van der Waals surface area contributed by atoms with Crippen molar-refractivity contribution in [1.29, 1.82) is 0 Å². The number of urea groups is 1. The Balaban J connectivity index is 1.49. The van der Waals surface area contributed by atoms with Gasteiger partial charge in [-0.15, -0.1) is 0 Å². The van der Waals surface area contributed by atoms with Crippen molar-refractivity contribution in [3.8, 4) is 16.9 Å². The first-order valence-electron chi connectivity index (χ1n) is 11.2. The van der Waals surface area contributed by atoms with E-state index in [2.05, 4.69) is 10.1 Å². The van der Waals surface area contributed by atoms with Gasteiger partial charge in [-0.1, -0.05) is 23.2 Å². The number of rotatable bonds is 5. The molecule has 0 bridgehead atoms. The highest BCUT2D eigenvalue weighted by atomic mass is 35.5. The van der Waals surface area contributed by atoms with Gasteiger partial charge in [0.25, 0.3) is 0 Å². The lowest BCUT2D eigenvalue weighted by molar-refractivity contribution is 0.146. The second-order valence-electron chi connectivity index (χ2n) is 8.73. The number of nitrogen functional groups attached to an aromatic ring is 1. The number of likely N-dealkylation sites (tertiary alicyclic amines) is 1. The van der Waals surface area contributed by atoms with E-state index in [0.29, 0.717) is 29.4 Å². The second kappa shape index (κ2) is 10.3. The lowest BCUT2D eigenvalue weighted by Crippen LogP contribution is -2.44. The Morgan fingerprint density at radius 1 is 1.23 bits per heavy atom. The van der Waals surface area contributed by atoms with Gasteiger partial charge in [0.15, 0.2) is 11.6 Å². The van der Waals surface area contributed by atoms with Crippen LogP contribution in [-0.4, -0.2) is 57.8 Å². The number of carbonyl (C=O) groups is 1. The van der Waals surface area contributed by atoms with Gasteiger partial charge in [0.2, 0.25) is 0 Å². The van der Waals surface area contributed by atoms with Crippen LogP contribution in [0.3, 0.4) is 0 Å². The predicted molar refractivity (Wildman–Crippen MR) is 134 cm³/mol. The van der Waals surface area contributed by atoms with E-state index in [1.54, 1.807) is 44.4 Å². The Bertz CT molecular complexity index is 1230. The Morgan fingerprint density at radius 3 is 2.63 bits per heavy atom. The maximum atomic E-state index is 14.0. The molecule has 1 unspecified atom stereocenters. The smallest absolute Gasteiger partial charge is 0.319 e. The molecule has 3 aromatic rings. The van der Waals surface area contributed by atoms with E-state index in [9.17, 15) is 9.18 Å². The van der Waals surface area contributed by atoms with Gasteiger partial charge in [0.1, 0.15) is 11.9 Å². The summed E-state index contributed by atoms with van der Waals surface area (Å²) in [5.74, 6) is -0.0603. The van der Waals surface area contributed by atoms with Gasteiger partial charge in [-0.3, -0.25) is 4.68 Å². The van der Waals surface area contributed by atoms with E-state index < -0.39 is 11.9 Å². The summed E-state index contributed by atoms with van der Waals surface area (Å²) in [4.78, 5) is 19.9. The molecular formula is C24H27Cl2FN6O2. The average Bonchev–Trinajstić information content (AvgIpc) is 3.33. The quantitative estimate of drug-likeness (QED) is 0.453. The summed E-state index contributed by atoms with van der Waals surface area (Å²) in [7, 11) is 3.52. The maximum absolute atomic E-state index is 14.0. The Morgan fingerprint density at radius 2 is 1.94 bits per heavy atom. The molecular weight excluding hydrogens is 494 g/mol. The van der Waals surface area contributed by atoms with Gasteiger partial charge >= 0.3 is 6.03 Å². The molecule has 1 fully saturated rings. The molecule has 1 atom stereocenters. The molecule has 2 N–H and O–H groups in total. The molecule has 186 valence electrons. The summed E-state index contributed by atoms with van der Waals surface area (Å²) in [6.07, 6.45) is 6.34. The minimum Gasteiger partial charge on any atom is -0.482 e. The molecule has 3 heterocycles. The molecule has 1 aromatic carbocycles. The molecule has 0 saturated carbocycles. The number of nitrogens with zero attached hydrogens (tertiary/aromatic N) is 5. The molecule has 0 aliphatic carbocycles. The van der Waals surface area contributed by atoms with Crippen LogP contribution in [0.25, 0.3) is 11.1 Å². The summed E-state index contributed by atoms with van der Waals surface area (Å²) < 4.78 is 21.9. The van der Waals surface area contributed by atoms with E-state index >= 15 is 0 Å². The van der Waals surface area contributed by atoms with E-state index in [4.69, 9.17) is 33.7 Å². The number of halogens is 3. The SMILES string of the molecule is CC(Oc1cc(-c2cnn(C3CCN(C(=O)N(C)C)CC3)c2)cnc1N)c1c(Cl)ccc(F)c1Cl. The third-order valence-electron chi connectivity index (χ3n) is 6.10. The zero-order valence-corrected chi connectivity index (χ0v) is 21.2. The monoisotopic (exact) mass is 520 g/mol. The van der Waals surface area contributed by atoms with Crippen LogP contribution in [0.1, 0.15) is 37.5 Å². The minimum absolute atomic E-state index is 0.0279. The molecule has 2 aromatic heterocycles. The van der Waals surface area contributed by atoms with Gasteiger partial charge in [-0.05, 0) is 38.0 Å². The van der Waals surface area contributed by atoms with Crippen molar-refractivity contribution >= 4 is 35.1 Å². The van der Waals surface area contributed by atoms with Crippen molar-refractivity contribution in [3.63, 3.8) is 0 Å². The van der Waals surface area contributed by atoms with Gasteiger partial charge in [-0.25, -0.2) is 14.2 Å². The molecule has 1 aliphatic rings. The van der Waals surface area contributed by atoms with Crippen LogP contribution in [0.15, 0.2) is 36.8 Å². The predicted octanol–water partition coefficient (Wildman–Crippen LogP) is 5.43. The maximum Gasteiger partial charge on any atom is 0.319 e. The topological polar surface area (TPSA) is 89.5 Å². The van der Waals surface area contributed by atoms with Crippen LogP contribution in [0, 0.1) is 5.82 Å². The summed E-state index contributed by atoms with van der Waals surface area (Å²) in [6.45, 7) is 3.08. The van der Waals surface area contributed by atoms with Crippen LogP contribution in [-0.2, 0) is 0 Å². The van der Waals surface area contributed by atoms with Crippen molar-refractivity contribution in [2.45, 2.75) is 31.9 Å². The Labute approximate surface area is 213 Å². The van der Waals surface area contributed by atoms with E-state index in [1.807, 2.05) is 15.8 Å². The van der Waals surface area contributed by atoms with Crippen molar-refractivity contribution in [3.05, 3.63) is 58.2 Å². The number of piperidine rings is 1. The standard InChI is InChI=1S/C24H27Cl2FN6O2/c1-14(21-18(25)4-5-19(27)22(21)26)35-20-10-15(11-29-23(20)28)16-12-30-33(13-16)17-6-8-32(9-7-17)24(34)31(2)3/h4-5,10-14,17H,6-9H2,1-3H3,(H2,28,29). The first-order chi connectivity index (χ1) is 16.7. The molecule has 1 saturated heterocycles. The van der Waals surface area contributed by atoms with E-state index in [1.165, 1.54) is 12.1 Å². The summed E-state index contributed by atoms with van der Waals surface area (Å²) >= 11 is 12.4. The van der Waals surface area contributed by atoms with Gasteiger partial charge in [0, 0.05) is 61.3 Å². The number of hydrogen-bond acceptors (Lipinski definition) is 5. The lowest BCUT2D eigenvalue weighted by atomic mass is 10.1. The Kier molecular flexibility index (Phi) is 7.37. The summed E-state index contributed by atoms with van der Waals surface area (Å²) in [5, 5.41) is 4.75. The zero-order chi connectivity index (χ0) is 25.3. The number of anilines is 1. The van der Waals surface area contributed by atoms with Crippen LogP contribution in [0.4, 0.5) is 15.0 Å². The highest BCUT2D eigenvalue weighted by molar-refractivity contribution is 6.36. The van der Waals surface area contributed by atoms with E-state index in [0.717, 1.165) is 24.0 Å². The third kappa shape index (κ3) is 5.31. The lowest BCUT2D eigenvalue weighted by Gasteiger charge is -2.33. The van der Waals surface area contributed by atoms with Crippen molar-refractivity contribution in [2.75, 3.05) is 32.9 Å². The van der Waals surface area contributed by atoms with E-state index in [-0.39, 0.29) is 22.9 Å². The van der Waals surface area contributed by atoms with Gasteiger partial charge in [-0.2, -0.15) is 5.10 Å². The average molecular weight is 521 g/mol. The van der Waals surface area contributed by atoms with Crippen LogP contribution in [0.5, 0.6) is 5.75 Å². The fraction of sp³-hybridized carbons (Fsp3) is 0.375. The van der Waals surface area contributed by atoms with Crippen molar-refractivity contribution < 1.29 is 13.9 Å². The minimum atomic E-state index is -0.664.